The molecule has 0 aromatic carbocycles. The molecule has 0 N–H and O–H groups in total. The molecule has 42 valence electrons. The summed E-state index contributed by atoms with van der Waals surface area (Å²) in [5.41, 5.74) is 0. The second kappa shape index (κ2) is 6.44. The van der Waals surface area contributed by atoms with Crippen molar-refractivity contribution in [3.8, 4) is 0 Å². The Morgan fingerprint density at radius 2 is 2.29 bits per heavy atom. The fourth-order valence-corrected chi connectivity index (χ4v) is 1.25. The van der Waals surface area contributed by atoms with E-state index in [9.17, 15) is 0 Å². The first-order valence-electron chi connectivity index (χ1n) is 2.18. The molecule has 0 aliphatic heterocycles. The largest absolute Gasteiger partial charge is 0.0973 e. The van der Waals surface area contributed by atoms with Gasteiger partial charge < -0.3 is 0 Å². The highest BCUT2D eigenvalue weighted by molar-refractivity contribution is 8.76. The number of hydrogen-bond donors (Lipinski definition) is 0. The maximum atomic E-state index is 2.15. The van der Waals surface area contributed by atoms with Crippen LogP contribution in [0.4, 0.5) is 0 Å². The van der Waals surface area contributed by atoms with Gasteiger partial charge in [0.05, 0.1) is 0 Å². The Kier molecular flexibility index (Phi) is 6.84. The lowest BCUT2D eigenvalue weighted by atomic mass is 10.6. The monoisotopic (exact) mass is 134 g/mol. The third kappa shape index (κ3) is 6.44. The molecule has 7 heavy (non-hydrogen) atoms. The standard InChI is InChI=1S/C5H10S2/c1-3-4-5-7-6-2/h3-4H,5H2,1-2H3/b4-3+. The van der Waals surface area contributed by atoms with Crippen LogP contribution in [0.25, 0.3) is 0 Å². The van der Waals surface area contributed by atoms with E-state index in [1.807, 2.05) is 17.7 Å². The van der Waals surface area contributed by atoms with Crippen LogP contribution in [0, 0.1) is 0 Å². The van der Waals surface area contributed by atoms with Crippen molar-refractivity contribution in [3.63, 3.8) is 0 Å². The summed E-state index contributed by atoms with van der Waals surface area (Å²) in [6.45, 7) is 2.04. The van der Waals surface area contributed by atoms with Crippen LogP contribution in [-0.2, 0) is 0 Å². The molecule has 0 amide bonds. The molecule has 0 heterocycles. The fourth-order valence-electron chi connectivity index (χ4n) is 0.204. The van der Waals surface area contributed by atoms with Crippen molar-refractivity contribution in [2.45, 2.75) is 6.92 Å². The summed E-state index contributed by atoms with van der Waals surface area (Å²) in [6.07, 6.45) is 6.32. The van der Waals surface area contributed by atoms with Crippen LogP contribution in [-0.4, -0.2) is 12.0 Å². The summed E-state index contributed by atoms with van der Waals surface area (Å²) in [4.78, 5) is 0. The zero-order valence-electron chi connectivity index (χ0n) is 4.68. The minimum absolute atomic E-state index is 1.14. The average molecular weight is 134 g/mol. The van der Waals surface area contributed by atoms with Crippen molar-refractivity contribution >= 4 is 21.6 Å². The van der Waals surface area contributed by atoms with Crippen LogP contribution in [0.1, 0.15) is 6.92 Å². The lowest BCUT2D eigenvalue weighted by Gasteiger charge is -1.83. The van der Waals surface area contributed by atoms with E-state index in [0.717, 1.165) is 5.75 Å². The van der Waals surface area contributed by atoms with Crippen LogP contribution < -0.4 is 0 Å². The van der Waals surface area contributed by atoms with Crippen LogP contribution in [0.5, 0.6) is 0 Å². The van der Waals surface area contributed by atoms with E-state index in [0.29, 0.717) is 0 Å². The first-order chi connectivity index (χ1) is 3.41. The summed E-state index contributed by atoms with van der Waals surface area (Å²) < 4.78 is 0. The molecule has 0 aliphatic rings. The van der Waals surface area contributed by atoms with Crippen molar-refractivity contribution in [1.29, 1.82) is 0 Å². The molecule has 0 saturated heterocycles. The van der Waals surface area contributed by atoms with Crippen LogP contribution >= 0.6 is 21.6 Å². The molecule has 0 radical (unpaired) electrons. The molecule has 0 aliphatic carbocycles. The summed E-state index contributed by atoms with van der Waals surface area (Å²) >= 11 is 0. The Hall–Kier alpha value is 0.440. The van der Waals surface area contributed by atoms with Gasteiger partial charge in [0.1, 0.15) is 0 Å². The normalized spacial score (nSPS) is 10.6. The topological polar surface area (TPSA) is 0 Å². The van der Waals surface area contributed by atoms with E-state index in [-0.39, 0.29) is 0 Å². The predicted molar refractivity (Wildman–Crippen MR) is 40.8 cm³/mol. The van der Waals surface area contributed by atoms with E-state index < -0.39 is 0 Å². The maximum absolute atomic E-state index is 2.15. The lowest BCUT2D eigenvalue weighted by Crippen LogP contribution is -1.59. The second-order valence-electron chi connectivity index (χ2n) is 1.02. The Morgan fingerprint density at radius 1 is 1.57 bits per heavy atom. The summed E-state index contributed by atoms with van der Waals surface area (Å²) in [6, 6.07) is 0. The molecule has 0 bridgehead atoms. The first-order valence-corrected chi connectivity index (χ1v) is 4.91. The van der Waals surface area contributed by atoms with E-state index in [2.05, 4.69) is 18.4 Å². The average Bonchev–Trinajstić information content (AvgIpc) is 1.69. The number of rotatable bonds is 3. The minimum Gasteiger partial charge on any atom is -0.0973 e. The molecule has 2 heteroatoms. The van der Waals surface area contributed by atoms with Gasteiger partial charge in [0.15, 0.2) is 0 Å². The molecule has 0 spiro atoms. The van der Waals surface area contributed by atoms with Gasteiger partial charge in [-0.25, -0.2) is 0 Å². The van der Waals surface area contributed by atoms with E-state index in [4.69, 9.17) is 0 Å². The van der Waals surface area contributed by atoms with Crippen LogP contribution in [0.2, 0.25) is 0 Å². The molecular formula is C5H10S2. The quantitative estimate of drug-likeness (QED) is 0.330. The van der Waals surface area contributed by atoms with Crippen molar-refractivity contribution in [3.05, 3.63) is 12.2 Å². The third-order valence-corrected chi connectivity index (χ3v) is 2.20. The molecule has 0 aromatic rings. The summed E-state index contributed by atoms with van der Waals surface area (Å²) in [5, 5.41) is 0. The van der Waals surface area contributed by atoms with Crippen LogP contribution in [0.3, 0.4) is 0 Å². The molecule has 0 unspecified atom stereocenters. The smallest absolute Gasteiger partial charge is 0.0217 e. The summed E-state index contributed by atoms with van der Waals surface area (Å²) in [7, 11) is 3.67. The Balaban J connectivity index is 2.69. The molecule has 0 atom stereocenters. The Morgan fingerprint density at radius 3 is 2.71 bits per heavy atom. The second-order valence-corrected chi connectivity index (χ2v) is 3.63. The SMILES string of the molecule is C/C=C/CSSC. The maximum Gasteiger partial charge on any atom is 0.0217 e. The molecule has 0 rings (SSSR count). The van der Waals surface area contributed by atoms with Gasteiger partial charge in [-0.1, -0.05) is 33.7 Å². The summed E-state index contributed by atoms with van der Waals surface area (Å²) in [5.74, 6) is 1.14. The number of hydrogen-bond acceptors (Lipinski definition) is 2. The van der Waals surface area contributed by atoms with Crippen LogP contribution in [0.15, 0.2) is 12.2 Å². The highest BCUT2D eigenvalue weighted by Crippen LogP contribution is 2.15. The fraction of sp³-hybridized carbons (Fsp3) is 0.600. The van der Waals surface area contributed by atoms with E-state index in [1.54, 1.807) is 10.8 Å². The van der Waals surface area contributed by atoms with Gasteiger partial charge in [0.2, 0.25) is 0 Å². The highest BCUT2D eigenvalue weighted by Gasteiger charge is 1.73. The van der Waals surface area contributed by atoms with Crippen molar-refractivity contribution in [2.75, 3.05) is 12.0 Å². The Bertz CT molecular complexity index is 50.0. The molecular weight excluding hydrogens is 124 g/mol. The predicted octanol–water partition coefficient (Wildman–Crippen LogP) is 2.57. The van der Waals surface area contributed by atoms with Crippen molar-refractivity contribution < 1.29 is 0 Å². The molecule has 0 aromatic heterocycles. The van der Waals surface area contributed by atoms with Crippen molar-refractivity contribution in [1.82, 2.24) is 0 Å². The zero-order chi connectivity index (χ0) is 5.54. The molecule has 0 fully saturated rings. The third-order valence-electron chi connectivity index (χ3n) is 0.518. The zero-order valence-corrected chi connectivity index (χ0v) is 6.31. The van der Waals surface area contributed by atoms with Gasteiger partial charge in [-0.15, -0.1) is 0 Å². The lowest BCUT2D eigenvalue weighted by molar-refractivity contribution is 1.66. The highest BCUT2D eigenvalue weighted by atomic mass is 33.1. The first kappa shape index (κ1) is 7.44. The van der Waals surface area contributed by atoms with Gasteiger partial charge in [-0.05, 0) is 13.2 Å². The van der Waals surface area contributed by atoms with E-state index in [1.165, 1.54) is 0 Å². The van der Waals surface area contributed by atoms with Gasteiger partial charge >= 0.3 is 0 Å². The van der Waals surface area contributed by atoms with Gasteiger partial charge in [-0.2, -0.15) is 0 Å². The van der Waals surface area contributed by atoms with E-state index >= 15 is 0 Å². The Labute approximate surface area is 53.2 Å². The molecule has 0 saturated carbocycles. The number of allylic oxidation sites excluding steroid dienone is 1. The minimum atomic E-state index is 1.14. The van der Waals surface area contributed by atoms with Gasteiger partial charge in [0, 0.05) is 5.75 Å². The van der Waals surface area contributed by atoms with Gasteiger partial charge in [0.25, 0.3) is 0 Å². The molecule has 0 nitrogen and oxygen atoms in total. The van der Waals surface area contributed by atoms with Gasteiger partial charge in [-0.3, -0.25) is 0 Å². The van der Waals surface area contributed by atoms with Crippen molar-refractivity contribution in [2.24, 2.45) is 0 Å².